The molecule has 142 valence electrons. The Bertz CT molecular complexity index is 391. The van der Waals surface area contributed by atoms with Gasteiger partial charge < -0.3 is 19.5 Å². The minimum Gasteiger partial charge on any atom is -0.458 e. The van der Waals surface area contributed by atoms with Crippen LogP contribution < -0.4 is 5.32 Å². The van der Waals surface area contributed by atoms with E-state index in [9.17, 15) is 9.59 Å². The number of alkyl carbamates (subject to hydrolysis) is 1. The van der Waals surface area contributed by atoms with Crippen molar-refractivity contribution >= 4 is 24.1 Å². The van der Waals surface area contributed by atoms with Crippen LogP contribution in [0.1, 0.15) is 41.5 Å². The van der Waals surface area contributed by atoms with Gasteiger partial charge in [0.15, 0.2) is 6.04 Å². The predicted molar refractivity (Wildman–Crippen MR) is 87.1 cm³/mol. The lowest BCUT2D eigenvalue weighted by atomic mass is 10.2. The lowest BCUT2D eigenvalue weighted by Crippen LogP contribution is -2.48. The van der Waals surface area contributed by atoms with Gasteiger partial charge >= 0.3 is 12.1 Å². The summed E-state index contributed by atoms with van der Waals surface area (Å²) in [4.78, 5) is 24.0. The van der Waals surface area contributed by atoms with E-state index in [1.807, 2.05) is 0 Å². The molecule has 0 aliphatic rings. The number of hydrogen-bond donors (Lipinski definition) is 2. The first kappa shape index (κ1) is 22.9. The predicted octanol–water partition coefficient (Wildman–Crippen LogP) is 2.31. The highest BCUT2D eigenvalue weighted by molar-refractivity contribution is 7.94. The molecule has 0 spiro atoms. The zero-order valence-corrected chi connectivity index (χ0v) is 15.7. The van der Waals surface area contributed by atoms with Gasteiger partial charge in [0.1, 0.15) is 11.2 Å². The monoisotopic (exact) mass is 369 g/mol. The van der Waals surface area contributed by atoms with Gasteiger partial charge in [-0.05, 0) is 41.5 Å². The van der Waals surface area contributed by atoms with E-state index in [2.05, 4.69) is 14.7 Å². The Morgan fingerprint density at radius 1 is 1.08 bits per heavy atom. The van der Waals surface area contributed by atoms with Crippen molar-refractivity contribution in [1.29, 1.82) is 0 Å². The number of amides is 1. The highest BCUT2D eigenvalue weighted by Crippen LogP contribution is 2.11. The van der Waals surface area contributed by atoms with Gasteiger partial charge in [-0.3, -0.25) is 0 Å². The molecule has 1 unspecified atom stereocenters. The fourth-order valence-corrected chi connectivity index (χ4v) is 1.64. The van der Waals surface area contributed by atoms with E-state index in [1.165, 1.54) is 0 Å². The molecule has 0 aromatic rings. The number of carbonyl (C=O) groups excluding carboxylic acids is 2. The Morgan fingerprint density at radius 3 is 2.17 bits per heavy atom. The summed E-state index contributed by atoms with van der Waals surface area (Å²) < 4.78 is 19.9. The van der Waals surface area contributed by atoms with Gasteiger partial charge in [-0.2, -0.15) is 0 Å². The van der Waals surface area contributed by atoms with Gasteiger partial charge in [0, 0.05) is 17.8 Å². The highest BCUT2D eigenvalue weighted by atomic mass is 32.2. The summed E-state index contributed by atoms with van der Waals surface area (Å²) in [7, 11) is 0. The number of esters is 1. The molecule has 0 fully saturated rings. The SMILES string of the molecule is CC(C)(C)OC(=O)NC(COCCSOOO)C(=O)OC(C)(C)C. The molecular formula is C14H27NO8S. The molecule has 0 bridgehead atoms. The summed E-state index contributed by atoms with van der Waals surface area (Å²) in [6.07, 6.45) is -0.742. The smallest absolute Gasteiger partial charge is 0.408 e. The second-order valence-electron chi connectivity index (χ2n) is 6.77. The lowest BCUT2D eigenvalue weighted by Gasteiger charge is -2.26. The number of rotatable bonds is 9. The Labute approximate surface area is 146 Å². The maximum absolute atomic E-state index is 12.2. The van der Waals surface area contributed by atoms with Crippen molar-refractivity contribution < 1.29 is 38.4 Å². The van der Waals surface area contributed by atoms with Crippen LogP contribution in [0.5, 0.6) is 0 Å². The summed E-state index contributed by atoms with van der Waals surface area (Å²) in [5, 5.41) is 13.8. The van der Waals surface area contributed by atoms with Crippen LogP contribution in [0.4, 0.5) is 4.79 Å². The van der Waals surface area contributed by atoms with E-state index in [1.54, 1.807) is 41.5 Å². The topological polar surface area (TPSA) is 113 Å². The van der Waals surface area contributed by atoms with Crippen LogP contribution in [0.3, 0.4) is 0 Å². The summed E-state index contributed by atoms with van der Waals surface area (Å²) in [6.45, 7) is 10.4. The molecule has 0 rings (SSSR count). The molecule has 0 aliphatic heterocycles. The van der Waals surface area contributed by atoms with E-state index < -0.39 is 29.3 Å². The zero-order chi connectivity index (χ0) is 18.8. The fourth-order valence-electron chi connectivity index (χ4n) is 1.34. The first-order valence-electron chi connectivity index (χ1n) is 7.34. The minimum absolute atomic E-state index is 0.102. The standard InChI is InChI=1S/C14H27NO8S/c1-13(2,3)20-11(16)10(9-19-7-8-24-23-22-18)15-12(17)21-14(4,5)6/h10,18H,7-9H2,1-6H3,(H,15,17). The Balaban J connectivity index is 4.54. The zero-order valence-electron chi connectivity index (χ0n) is 14.9. The number of carbonyl (C=O) groups is 2. The van der Waals surface area contributed by atoms with Crippen LogP contribution in [0.15, 0.2) is 0 Å². The minimum atomic E-state index is -1.01. The Kier molecular flexibility index (Phi) is 10.2. The molecule has 0 heterocycles. The third-order valence-electron chi connectivity index (χ3n) is 2.06. The molecule has 10 heteroatoms. The van der Waals surface area contributed by atoms with Crippen molar-refractivity contribution in [1.82, 2.24) is 5.32 Å². The van der Waals surface area contributed by atoms with E-state index in [-0.39, 0.29) is 13.2 Å². The molecule has 0 aromatic carbocycles. The van der Waals surface area contributed by atoms with Crippen molar-refractivity contribution in [2.45, 2.75) is 58.8 Å². The molecule has 2 N–H and O–H groups in total. The van der Waals surface area contributed by atoms with Gasteiger partial charge in [0.05, 0.1) is 13.2 Å². The highest BCUT2D eigenvalue weighted by Gasteiger charge is 2.28. The van der Waals surface area contributed by atoms with Crippen molar-refractivity contribution in [2.24, 2.45) is 0 Å². The van der Waals surface area contributed by atoms with Crippen LogP contribution in [0.2, 0.25) is 0 Å². The maximum Gasteiger partial charge on any atom is 0.408 e. The van der Waals surface area contributed by atoms with Crippen molar-refractivity contribution in [3.8, 4) is 0 Å². The number of ether oxygens (including phenoxy) is 3. The van der Waals surface area contributed by atoms with Gasteiger partial charge in [0.25, 0.3) is 0 Å². The van der Waals surface area contributed by atoms with E-state index in [0.29, 0.717) is 5.75 Å². The molecule has 1 atom stereocenters. The second-order valence-corrected chi connectivity index (χ2v) is 7.55. The van der Waals surface area contributed by atoms with E-state index in [0.717, 1.165) is 12.0 Å². The average molecular weight is 369 g/mol. The molecule has 0 saturated heterocycles. The summed E-state index contributed by atoms with van der Waals surface area (Å²) in [6, 6.07) is -1.01. The Hall–Kier alpha value is -1.07. The van der Waals surface area contributed by atoms with Crippen LogP contribution >= 0.6 is 12.0 Å². The quantitative estimate of drug-likeness (QED) is 0.208. The van der Waals surface area contributed by atoms with Crippen LogP contribution in [-0.2, 0) is 28.4 Å². The van der Waals surface area contributed by atoms with Crippen LogP contribution in [-0.4, -0.2) is 53.5 Å². The largest absolute Gasteiger partial charge is 0.458 e. The molecular weight excluding hydrogens is 342 g/mol. The lowest BCUT2D eigenvalue weighted by molar-refractivity contribution is -0.432. The third kappa shape index (κ3) is 13.4. The number of hydrogen-bond acceptors (Lipinski definition) is 9. The summed E-state index contributed by atoms with van der Waals surface area (Å²) >= 11 is 0.820. The third-order valence-corrected chi connectivity index (χ3v) is 2.55. The maximum atomic E-state index is 12.2. The molecule has 0 saturated carbocycles. The summed E-state index contributed by atoms with van der Waals surface area (Å²) in [5.41, 5.74) is -1.39. The summed E-state index contributed by atoms with van der Waals surface area (Å²) in [5.74, 6) is -0.287. The first-order chi connectivity index (χ1) is 10.9. The van der Waals surface area contributed by atoms with Crippen molar-refractivity contribution in [2.75, 3.05) is 19.0 Å². The van der Waals surface area contributed by atoms with E-state index in [4.69, 9.17) is 19.5 Å². The molecule has 0 aromatic heterocycles. The second kappa shape index (κ2) is 10.7. The van der Waals surface area contributed by atoms with Gasteiger partial charge in [-0.1, -0.05) is 5.04 Å². The van der Waals surface area contributed by atoms with E-state index >= 15 is 0 Å². The van der Waals surface area contributed by atoms with Crippen LogP contribution in [0, 0.1) is 0 Å². The average Bonchev–Trinajstić information content (AvgIpc) is 2.37. The fraction of sp³-hybridized carbons (Fsp3) is 0.857. The van der Waals surface area contributed by atoms with Crippen molar-refractivity contribution in [3.63, 3.8) is 0 Å². The van der Waals surface area contributed by atoms with Gasteiger partial charge in [-0.25, -0.2) is 14.8 Å². The first-order valence-corrected chi connectivity index (χ1v) is 8.25. The number of nitrogens with one attached hydrogen (secondary N) is 1. The molecule has 0 radical (unpaired) electrons. The van der Waals surface area contributed by atoms with Crippen molar-refractivity contribution in [3.05, 3.63) is 0 Å². The van der Waals surface area contributed by atoms with Gasteiger partial charge in [-0.15, -0.1) is 4.33 Å². The molecule has 0 aliphatic carbocycles. The normalized spacial score (nSPS) is 13.3. The molecule has 9 nitrogen and oxygen atoms in total. The Morgan fingerprint density at radius 2 is 1.67 bits per heavy atom. The van der Waals surface area contributed by atoms with Gasteiger partial charge in [0.2, 0.25) is 0 Å². The molecule has 24 heavy (non-hydrogen) atoms. The van der Waals surface area contributed by atoms with Crippen LogP contribution in [0.25, 0.3) is 0 Å². The molecule has 1 amide bonds.